The Balaban J connectivity index is 1.56. The van der Waals surface area contributed by atoms with Crippen molar-refractivity contribution in [1.29, 1.82) is 0 Å². The second-order valence-corrected chi connectivity index (χ2v) is 7.34. The third-order valence-corrected chi connectivity index (χ3v) is 4.65. The van der Waals surface area contributed by atoms with Gasteiger partial charge in [-0.15, -0.1) is 0 Å². The molecule has 0 saturated carbocycles. The van der Waals surface area contributed by atoms with Crippen LogP contribution in [-0.4, -0.2) is 45.0 Å². The number of carbonyl (C=O) groups is 1. The number of hydrogen-bond donors (Lipinski definition) is 3. The lowest BCUT2D eigenvalue weighted by Gasteiger charge is -2.12. The highest BCUT2D eigenvalue weighted by Gasteiger charge is 2.10. The fourth-order valence-electron chi connectivity index (χ4n) is 2.72. The Kier molecular flexibility index (Phi) is 5.95. The minimum atomic E-state index is -0.508. The second kappa shape index (κ2) is 8.98. The van der Waals surface area contributed by atoms with E-state index in [0.717, 1.165) is 5.69 Å². The average Bonchev–Trinajstić information content (AvgIpc) is 2.78. The summed E-state index contributed by atoms with van der Waals surface area (Å²) in [5.41, 5.74) is 2.94. The van der Waals surface area contributed by atoms with E-state index < -0.39 is 5.82 Å². The van der Waals surface area contributed by atoms with Gasteiger partial charge in [0.25, 0.3) is 0 Å². The fourth-order valence-corrected chi connectivity index (χ4v) is 2.90. The monoisotopic (exact) mass is 452 g/mol. The molecule has 9 nitrogen and oxygen atoms in total. The van der Waals surface area contributed by atoms with E-state index in [1.54, 1.807) is 50.6 Å². The maximum absolute atomic E-state index is 13.4. The first-order valence-electron chi connectivity index (χ1n) is 9.44. The smallest absolute Gasteiger partial charge is 0.321 e. The number of nitrogens with zero attached hydrogens (tertiary/aromatic N) is 5. The zero-order valence-electron chi connectivity index (χ0n) is 17.1. The van der Waals surface area contributed by atoms with Gasteiger partial charge in [0.2, 0.25) is 5.95 Å². The first-order chi connectivity index (χ1) is 15.4. The van der Waals surface area contributed by atoms with Crippen LogP contribution in [0, 0.1) is 5.82 Å². The summed E-state index contributed by atoms with van der Waals surface area (Å²) in [6, 6.07) is 11.2. The number of nitrogens with one attached hydrogen (secondary N) is 3. The maximum atomic E-state index is 13.4. The molecule has 0 radical (unpaired) electrons. The Hall–Kier alpha value is -4.05. The van der Waals surface area contributed by atoms with Gasteiger partial charge < -0.3 is 20.9 Å². The van der Waals surface area contributed by atoms with Gasteiger partial charge in [0.15, 0.2) is 5.82 Å². The van der Waals surface area contributed by atoms with Gasteiger partial charge in [0, 0.05) is 31.2 Å². The van der Waals surface area contributed by atoms with Crippen LogP contribution in [-0.2, 0) is 0 Å². The van der Waals surface area contributed by atoms with E-state index in [2.05, 4.69) is 35.9 Å². The lowest BCUT2D eigenvalue weighted by Crippen LogP contribution is -2.27. The van der Waals surface area contributed by atoms with Gasteiger partial charge in [-0.05, 0) is 42.5 Å². The summed E-state index contributed by atoms with van der Waals surface area (Å²) in [7, 11) is 3.33. The van der Waals surface area contributed by atoms with Crippen molar-refractivity contribution in [2.75, 3.05) is 30.0 Å². The van der Waals surface area contributed by atoms with Gasteiger partial charge >= 0.3 is 6.03 Å². The van der Waals surface area contributed by atoms with Crippen molar-refractivity contribution >= 4 is 57.5 Å². The predicted octanol–water partition coefficient (Wildman–Crippen LogP) is 4.79. The Labute approximate surface area is 187 Å². The molecule has 0 saturated heterocycles. The molecule has 4 aromatic rings. The molecule has 2 aromatic heterocycles. The molecule has 0 spiro atoms. The average molecular weight is 453 g/mol. The second-order valence-electron chi connectivity index (χ2n) is 6.93. The largest absolute Gasteiger partial charge is 0.338 e. The van der Waals surface area contributed by atoms with E-state index >= 15 is 0 Å². The van der Waals surface area contributed by atoms with Crippen molar-refractivity contribution in [3.05, 3.63) is 65.8 Å². The Morgan fingerprint density at radius 2 is 1.69 bits per heavy atom. The molecular weight excluding hydrogens is 435 g/mol. The van der Waals surface area contributed by atoms with Crippen molar-refractivity contribution in [3.8, 4) is 0 Å². The quantitative estimate of drug-likeness (QED) is 0.399. The summed E-state index contributed by atoms with van der Waals surface area (Å²) < 4.78 is 13.4. The number of aromatic nitrogens is 4. The molecule has 0 fully saturated rings. The van der Waals surface area contributed by atoms with Crippen molar-refractivity contribution in [2.45, 2.75) is 0 Å². The topological polar surface area (TPSA) is 108 Å². The van der Waals surface area contributed by atoms with Gasteiger partial charge in [-0.3, -0.25) is 0 Å². The Morgan fingerprint density at radius 3 is 2.41 bits per heavy atom. The number of benzene rings is 2. The summed E-state index contributed by atoms with van der Waals surface area (Å²) in [5, 5.41) is 8.94. The summed E-state index contributed by atoms with van der Waals surface area (Å²) in [6.45, 7) is 0. The van der Waals surface area contributed by atoms with E-state index in [-0.39, 0.29) is 11.1 Å². The number of anilines is 5. The fraction of sp³-hybridized carbons (Fsp3) is 0.0952. The lowest BCUT2D eigenvalue weighted by molar-refractivity contribution is 0.230. The van der Waals surface area contributed by atoms with Gasteiger partial charge in [-0.25, -0.2) is 29.1 Å². The van der Waals surface area contributed by atoms with Gasteiger partial charge in [-0.2, -0.15) is 0 Å². The van der Waals surface area contributed by atoms with Crippen LogP contribution in [0.15, 0.2) is 55.0 Å². The molecule has 2 amide bonds. The van der Waals surface area contributed by atoms with Gasteiger partial charge in [-0.1, -0.05) is 11.6 Å². The number of hydrogen-bond acceptors (Lipinski definition) is 7. The van der Waals surface area contributed by atoms with E-state index in [1.807, 2.05) is 0 Å². The highest BCUT2D eigenvalue weighted by atomic mass is 35.5. The van der Waals surface area contributed by atoms with Crippen molar-refractivity contribution < 1.29 is 9.18 Å². The zero-order chi connectivity index (χ0) is 22.7. The number of carbonyl (C=O) groups excluding carboxylic acids is 1. The lowest BCUT2D eigenvalue weighted by atomic mass is 10.3. The molecule has 162 valence electrons. The minimum Gasteiger partial charge on any atom is -0.338 e. The standard InChI is InChI=1S/C21H18ClFN8O/c1-31(2)21(32)29-13-5-3-12(4-6-13)28-20-24-10-17-18(30-20)19(26-11-25-17)27-14-7-8-16(23)15(22)9-14/h3-11H,1-2H3,(H,29,32)(H,24,28,30)(H,25,26,27). The van der Waals surface area contributed by atoms with Crippen LogP contribution in [0.2, 0.25) is 5.02 Å². The van der Waals surface area contributed by atoms with Crippen LogP contribution in [0.25, 0.3) is 11.0 Å². The summed E-state index contributed by atoms with van der Waals surface area (Å²) >= 11 is 5.86. The van der Waals surface area contributed by atoms with Gasteiger partial charge in [0.1, 0.15) is 23.2 Å². The SMILES string of the molecule is CN(C)C(=O)Nc1ccc(Nc2ncc3ncnc(Nc4ccc(F)c(Cl)c4)c3n2)cc1. The van der Waals surface area contributed by atoms with Crippen molar-refractivity contribution in [2.24, 2.45) is 0 Å². The van der Waals surface area contributed by atoms with Crippen LogP contribution in [0.3, 0.4) is 0 Å². The molecule has 3 N–H and O–H groups in total. The van der Waals surface area contributed by atoms with E-state index in [1.165, 1.54) is 23.4 Å². The van der Waals surface area contributed by atoms with E-state index in [0.29, 0.717) is 34.2 Å². The third-order valence-electron chi connectivity index (χ3n) is 4.36. The van der Waals surface area contributed by atoms with Crippen molar-refractivity contribution in [3.63, 3.8) is 0 Å². The molecule has 0 aliphatic rings. The van der Waals surface area contributed by atoms with Crippen LogP contribution in [0.1, 0.15) is 0 Å². The number of amides is 2. The first kappa shape index (κ1) is 21.2. The number of fused-ring (bicyclic) bond motifs is 1. The molecule has 2 heterocycles. The third kappa shape index (κ3) is 4.81. The summed E-state index contributed by atoms with van der Waals surface area (Å²) in [6.07, 6.45) is 2.95. The predicted molar refractivity (Wildman–Crippen MR) is 122 cm³/mol. The van der Waals surface area contributed by atoms with Crippen LogP contribution in [0.4, 0.5) is 38.0 Å². The van der Waals surface area contributed by atoms with Crippen molar-refractivity contribution in [1.82, 2.24) is 24.8 Å². The highest BCUT2D eigenvalue weighted by Crippen LogP contribution is 2.26. The zero-order valence-corrected chi connectivity index (χ0v) is 17.9. The highest BCUT2D eigenvalue weighted by molar-refractivity contribution is 6.31. The summed E-state index contributed by atoms with van der Waals surface area (Å²) in [5.74, 6) is 0.244. The molecule has 0 bridgehead atoms. The van der Waals surface area contributed by atoms with E-state index in [9.17, 15) is 9.18 Å². The Morgan fingerprint density at radius 1 is 0.969 bits per heavy atom. The number of halogens is 2. The minimum absolute atomic E-state index is 0.00411. The molecule has 0 atom stereocenters. The molecule has 0 aliphatic heterocycles. The molecule has 0 aliphatic carbocycles. The molecule has 32 heavy (non-hydrogen) atoms. The molecule has 11 heteroatoms. The Bertz CT molecular complexity index is 1280. The summed E-state index contributed by atoms with van der Waals surface area (Å²) in [4.78, 5) is 30.4. The molecule has 0 unspecified atom stereocenters. The van der Waals surface area contributed by atoms with Crippen LogP contribution in [0.5, 0.6) is 0 Å². The maximum Gasteiger partial charge on any atom is 0.321 e. The number of urea groups is 1. The number of rotatable bonds is 5. The normalized spacial score (nSPS) is 10.6. The van der Waals surface area contributed by atoms with Gasteiger partial charge in [0.05, 0.1) is 11.2 Å². The van der Waals surface area contributed by atoms with Crippen LogP contribution >= 0.6 is 11.6 Å². The van der Waals surface area contributed by atoms with E-state index in [4.69, 9.17) is 11.6 Å². The molecular formula is C21H18ClFN8O. The molecule has 4 rings (SSSR count). The molecule has 2 aromatic carbocycles. The first-order valence-corrected chi connectivity index (χ1v) is 9.82. The van der Waals surface area contributed by atoms with Crippen LogP contribution < -0.4 is 16.0 Å².